The summed E-state index contributed by atoms with van der Waals surface area (Å²) in [5.41, 5.74) is 1.36. The summed E-state index contributed by atoms with van der Waals surface area (Å²) < 4.78 is 4.63. The number of rotatable bonds is 3. The molecular formula is C22H32N4O4. The summed E-state index contributed by atoms with van der Waals surface area (Å²) in [5.74, 6) is 1.23. The van der Waals surface area contributed by atoms with Gasteiger partial charge in [-0.25, -0.2) is 9.78 Å². The van der Waals surface area contributed by atoms with Gasteiger partial charge in [-0.2, -0.15) is 0 Å². The van der Waals surface area contributed by atoms with Crippen LogP contribution in [0.25, 0.3) is 0 Å². The number of anilines is 2. The molecule has 2 amide bonds. The monoisotopic (exact) mass is 416 g/mol. The Morgan fingerprint density at radius 3 is 2.50 bits per heavy atom. The van der Waals surface area contributed by atoms with Crippen LogP contribution >= 0.6 is 0 Å². The normalized spacial score (nSPS) is 26.2. The predicted molar refractivity (Wildman–Crippen MR) is 113 cm³/mol. The second-order valence-corrected chi connectivity index (χ2v) is 8.96. The third kappa shape index (κ3) is 3.97. The number of nitrogens with one attached hydrogen (secondary N) is 1. The second-order valence-electron chi connectivity index (χ2n) is 8.96. The molecule has 3 aliphatic rings. The van der Waals surface area contributed by atoms with Gasteiger partial charge in [0, 0.05) is 25.7 Å². The Balaban J connectivity index is 1.38. The summed E-state index contributed by atoms with van der Waals surface area (Å²) in [4.78, 5) is 33.6. The average Bonchev–Trinajstić information content (AvgIpc) is 3.05. The number of aryl methyl sites for hydroxylation is 1. The van der Waals surface area contributed by atoms with Gasteiger partial charge >= 0.3 is 6.09 Å². The number of amides is 2. The molecule has 1 aromatic heterocycles. The number of carbonyl (C=O) groups excluding carboxylic acids is 2. The average molecular weight is 417 g/mol. The molecule has 3 heterocycles. The summed E-state index contributed by atoms with van der Waals surface area (Å²) in [6, 6.07) is 2.20. The quantitative estimate of drug-likeness (QED) is 0.787. The first-order chi connectivity index (χ1) is 14.4. The van der Waals surface area contributed by atoms with Gasteiger partial charge in [0.2, 0.25) is 5.91 Å². The lowest BCUT2D eigenvalue weighted by molar-refractivity contribution is -0.139. The molecule has 2 N–H and O–H groups in total. The van der Waals surface area contributed by atoms with Crippen molar-refractivity contribution in [2.24, 2.45) is 5.41 Å². The molecule has 30 heavy (non-hydrogen) atoms. The van der Waals surface area contributed by atoms with E-state index < -0.39 is 6.09 Å². The lowest BCUT2D eigenvalue weighted by atomic mass is 9.77. The first-order valence-corrected chi connectivity index (χ1v) is 11.0. The molecule has 0 atom stereocenters. The fraction of sp³-hybridized carbons (Fsp3) is 0.682. The highest BCUT2D eigenvalue weighted by molar-refractivity contribution is 5.86. The topological polar surface area (TPSA) is 95.0 Å². The number of likely N-dealkylation sites (tertiary alicyclic amines) is 1. The zero-order valence-corrected chi connectivity index (χ0v) is 17.9. The number of hydrogen-bond acceptors (Lipinski definition) is 6. The van der Waals surface area contributed by atoms with Crippen LogP contribution in [0.1, 0.15) is 50.5 Å². The molecule has 0 bridgehead atoms. The van der Waals surface area contributed by atoms with Crippen molar-refractivity contribution in [1.29, 1.82) is 0 Å². The smallest absolute Gasteiger partial charge is 0.411 e. The number of aromatic nitrogens is 1. The molecule has 2 aliphatic heterocycles. The largest absolute Gasteiger partial charge is 0.453 e. The molecule has 1 saturated carbocycles. The van der Waals surface area contributed by atoms with Crippen LogP contribution in [0, 0.1) is 12.3 Å². The zero-order valence-electron chi connectivity index (χ0n) is 17.9. The molecule has 0 unspecified atom stereocenters. The molecule has 1 spiro atoms. The van der Waals surface area contributed by atoms with Crippen LogP contribution in [0.3, 0.4) is 0 Å². The Hall–Kier alpha value is -2.35. The third-order valence-corrected chi connectivity index (χ3v) is 7.16. The van der Waals surface area contributed by atoms with Crippen LogP contribution in [0.2, 0.25) is 0 Å². The lowest BCUT2D eigenvalue weighted by Gasteiger charge is -2.40. The van der Waals surface area contributed by atoms with Gasteiger partial charge in [-0.15, -0.1) is 0 Å². The van der Waals surface area contributed by atoms with E-state index in [4.69, 9.17) is 0 Å². The third-order valence-electron chi connectivity index (χ3n) is 7.16. The number of hydrogen-bond donors (Lipinski definition) is 2. The number of methoxy groups -OCH3 is 1. The van der Waals surface area contributed by atoms with E-state index in [-0.39, 0.29) is 11.5 Å². The maximum absolute atomic E-state index is 13.3. The zero-order chi connectivity index (χ0) is 21.3. The Bertz CT molecular complexity index is 798. The second kappa shape index (κ2) is 8.41. The Morgan fingerprint density at radius 1 is 1.20 bits per heavy atom. The van der Waals surface area contributed by atoms with E-state index in [1.807, 2.05) is 13.0 Å². The number of piperidine rings is 1. The van der Waals surface area contributed by atoms with Crippen LogP contribution in [0.4, 0.5) is 16.3 Å². The molecule has 2 saturated heterocycles. The molecule has 0 radical (unpaired) electrons. The lowest BCUT2D eigenvalue weighted by Crippen LogP contribution is -2.47. The fourth-order valence-electron chi connectivity index (χ4n) is 5.31. The van der Waals surface area contributed by atoms with E-state index in [1.54, 1.807) is 6.20 Å². The van der Waals surface area contributed by atoms with E-state index in [0.717, 1.165) is 76.0 Å². The van der Waals surface area contributed by atoms with Crippen molar-refractivity contribution in [3.05, 3.63) is 17.8 Å². The van der Waals surface area contributed by atoms with Crippen LogP contribution < -0.4 is 10.2 Å². The summed E-state index contributed by atoms with van der Waals surface area (Å²) in [6.07, 6.45) is 7.02. The molecule has 1 aliphatic carbocycles. The van der Waals surface area contributed by atoms with Crippen molar-refractivity contribution < 1.29 is 19.4 Å². The highest BCUT2D eigenvalue weighted by Gasteiger charge is 2.50. The molecule has 8 nitrogen and oxygen atoms in total. The van der Waals surface area contributed by atoms with Gasteiger partial charge in [0.05, 0.1) is 30.5 Å². The van der Waals surface area contributed by atoms with Gasteiger partial charge < -0.3 is 19.6 Å². The highest BCUT2D eigenvalue weighted by Crippen LogP contribution is 2.44. The van der Waals surface area contributed by atoms with Crippen molar-refractivity contribution in [3.63, 3.8) is 0 Å². The molecule has 1 aromatic rings. The van der Waals surface area contributed by atoms with Gasteiger partial charge in [-0.1, -0.05) is 0 Å². The number of ether oxygens (including phenoxy) is 1. The SMILES string of the molecule is COC(=O)Nc1cnc(N2CCC3(CC2)CCN(C2CCC(O)CC2)C3=O)c(C)c1. The summed E-state index contributed by atoms with van der Waals surface area (Å²) in [7, 11) is 1.33. The van der Waals surface area contributed by atoms with Crippen molar-refractivity contribution in [1.82, 2.24) is 9.88 Å². The van der Waals surface area contributed by atoms with Crippen LogP contribution in [0.5, 0.6) is 0 Å². The van der Waals surface area contributed by atoms with E-state index in [0.29, 0.717) is 17.6 Å². The van der Waals surface area contributed by atoms with Crippen LogP contribution in [-0.4, -0.2) is 65.9 Å². The van der Waals surface area contributed by atoms with Gasteiger partial charge in [0.1, 0.15) is 5.82 Å². The Labute approximate surface area is 177 Å². The van der Waals surface area contributed by atoms with Gasteiger partial charge in [0.15, 0.2) is 0 Å². The minimum Gasteiger partial charge on any atom is -0.453 e. The number of aliphatic hydroxyl groups excluding tert-OH is 1. The summed E-state index contributed by atoms with van der Waals surface area (Å²) >= 11 is 0. The minimum absolute atomic E-state index is 0.193. The molecule has 3 fully saturated rings. The van der Waals surface area contributed by atoms with Gasteiger partial charge in [0.25, 0.3) is 0 Å². The molecular weight excluding hydrogens is 384 g/mol. The van der Waals surface area contributed by atoms with Crippen molar-refractivity contribution >= 4 is 23.5 Å². The Kier molecular flexibility index (Phi) is 5.86. The van der Waals surface area contributed by atoms with Gasteiger partial charge in [-0.05, 0) is 63.5 Å². The van der Waals surface area contributed by atoms with Crippen molar-refractivity contribution in [2.45, 2.75) is 64.0 Å². The van der Waals surface area contributed by atoms with Gasteiger partial charge in [-0.3, -0.25) is 10.1 Å². The number of nitrogens with zero attached hydrogens (tertiary/aromatic N) is 3. The van der Waals surface area contributed by atoms with Crippen LogP contribution in [-0.2, 0) is 9.53 Å². The molecule has 164 valence electrons. The van der Waals surface area contributed by atoms with E-state index >= 15 is 0 Å². The first-order valence-electron chi connectivity index (χ1n) is 11.0. The summed E-state index contributed by atoms with van der Waals surface area (Å²) in [5, 5.41) is 12.4. The highest BCUT2D eigenvalue weighted by atomic mass is 16.5. The molecule has 4 rings (SSSR count). The van der Waals surface area contributed by atoms with E-state index in [1.165, 1.54) is 7.11 Å². The minimum atomic E-state index is -0.513. The maximum atomic E-state index is 13.3. The Morgan fingerprint density at radius 2 is 1.87 bits per heavy atom. The van der Waals surface area contributed by atoms with Crippen molar-refractivity contribution in [2.75, 3.05) is 37.0 Å². The maximum Gasteiger partial charge on any atom is 0.411 e. The summed E-state index contributed by atoms with van der Waals surface area (Å²) in [6.45, 7) is 4.45. The predicted octanol–water partition coefficient (Wildman–Crippen LogP) is 2.69. The molecule has 8 heteroatoms. The number of carbonyl (C=O) groups is 2. The van der Waals surface area contributed by atoms with E-state index in [9.17, 15) is 14.7 Å². The standard InChI is InChI=1S/C22H32N4O4/c1-15-13-16(24-21(29)30-2)14-23-19(15)25-10-7-22(8-11-25)9-12-26(20(22)28)17-3-5-18(27)6-4-17/h13-14,17-18,27H,3-12H2,1-2H3,(H,24,29). The fourth-order valence-corrected chi connectivity index (χ4v) is 5.31. The number of pyridine rings is 1. The van der Waals surface area contributed by atoms with Crippen molar-refractivity contribution in [3.8, 4) is 0 Å². The first kappa shape index (κ1) is 20.9. The van der Waals surface area contributed by atoms with E-state index in [2.05, 4.69) is 24.8 Å². The number of aliphatic hydroxyl groups is 1. The van der Waals surface area contributed by atoms with Crippen LogP contribution in [0.15, 0.2) is 12.3 Å². The molecule has 0 aromatic carbocycles.